The molecule has 0 radical (unpaired) electrons. The van der Waals surface area contributed by atoms with Crippen LogP contribution in [-0.4, -0.2) is 13.2 Å². The largest absolute Gasteiger partial charge is 0.492 e. The SMILES string of the molecule is COc1c(Br)ccc2c1OC(C)(F)O2. The lowest BCUT2D eigenvalue weighted by Crippen LogP contribution is -2.27. The molecule has 0 aliphatic carbocycles. The van der Waals surface area contributed by atoms with Gasteiger partial charge in [-0.05, 0) is 28.1 Å². The quantitative estimate of drug-likeness (QED) is 0.779. The van der Waals surface area contributed by atoms with Crippen molar-refractivity contribution >= 4 is 15.9 Å². The van der Waals surface area contributed by atoms with Crippen molar-refractivity contribution in [1.29, 1.82) is 0 Å². The van der Waals surface area contributed by atoms with Gasteiger partial charge in [0.2, 0.25) is 5.75 Å². The molecule has 1 aliphatic heterocycles. The maximum absolute atomic E-state index is 13.3. The predicted octanol–water partition coefficient (Wildman–Crippen LogP) is 2.87. The fraction of sp³-hybridized carbons (Fsp3) is 0.333. The average molecular weight is 263 g/mol. The molecule has 0 saturated heterocycles. The van der Waals surface area contributed by atoms with E-state index in [2.05, 4.69) is 15.9 Å². The number of benzene rings is 1. The van der Waals surface area contributed by atoms with E-state index in [1.54, 1.807) is 12.1 Å². The van der Waals surface area contributed by atoms with Crippen LogP contribution in [-0.2, 0) is 0 Å². The number of fused-ring (bicyclic) bond motifs is 1. The van der Waals surface area contributed by atoms with Crippen LogP contribution in [0.1, 0.15) is 6.92 Å². The Kier molecular flexibility index (Phi) is 2.06. The smallest absolute Gasteiger partial charge is 0.404 e. The summed E-state index contributed by atoms with van der Waals surface area (Å²) in [7, 11) is 1.48. The number of halogens is 2. The molecule has 2 rings (SSSR count). The second-order valence-electron chi connectivity index (χ2n) is 2.95. The molecule has 5 heteroatoms. The molecule has 3 nitrogen and oxygen atoms in total. The van der Waals surface area contributed by atoms with Gasteiger partial charge in [0.05, 0.1) is 11.6 Å². The number of hydrogen-bond donors (Lipinski definition) is 0. The zero-order valence-corrected chi connectivity index (χ0v) is 9.22. The highest BCUT2D eigenvalue weighted by Gasteiger charge is 2.39. The summed E-state index contributed by atoms with van der Waals surface area (Å²) in [5.41, 5.74) is 0. The number of ether oxygens (including phenoxy) is 3. The summed E-state index contributed by atoms with van der Waals surface area (Å²) in [4.78, 5) is 0. The summed E-state index contributed by atoms with van der Waals surface area (Å²) in [5, 5.41) is 0. The van der Waals surface area contributed by atoms with Gasteiger partial charge < -0.3 is 14.2 Å². The first-order valence-electron chi connectivity index (χ1n) is 3.97. The minimum atomic E-state index is -2.11. The molecule has 0 saturated carbocycles. The summed E-state index contributed by atoms with van der Waals surface area (Å²) in [6.45, 7) is 1.19. The summed E-state index contributed by atoms with van der Waals surface area (Å²) >= 11 is 3.26. The van der Waals surface area contributed by atoms with Gasteiger partial charge in [-0.25, -0.2) is 0 Å². The lowest BCUT2D eigenvalue weighted by molar-refractivity contribution is -0.173. The standard InChI is InChI=1S/C9H8BrFO3/c1-9(11)13-6-4-3-5(10)7(12-2)8(6)14-9/h3-4H,1-2H3. The summed E-state index contributed by atoms with van der Waals surface area (Å²) < 4.78 is 28.9. The molecule has 0 aromatic heterocycles. The maximum atomic E-state index is 13.3. The van der Waals surface area contributed by atoms with E-state index in [0.29, 0.717) is 16.0 Å². The Morgan fingerprint density at radius 2 is 2.14 bits per heavy atom. The minimum absolute atomic E-state index is 0.284. The lowest BCUT2D eigenvalue weighted by atomic mass is 10.3. The van der Waals surface area contributed by atoms with E-state index in [0.717, 1.165) is 0 Å². The molecule has 0 amide bonds. The van der Waals surface area contributed by atoms with E-state index in [-0.39, 0.29) is 5.75 Å². The van der Waals surface area contributed by atoms with Crippen molar-refractivity contribution in [2.75, 3.05) is 7.11 Å². The van der Waals surface area contributed by atoms with E-state index in [1.165, 1.54) is 14.0 Å². The van der Waals surface area contributed by atoms with Gasteiger partial charge in [-0.3, -0.25) is 0 Å². The molecule has 1 atom stereocenters. The Hall–Kier alpha value is -0.970. The van der Waals surface area contributed by atoms with Crippen LogP contribution in [0.5, 0.6) is 17.2 Å². The average Bonchev–Trinajstić information content (AvgIpc) is 2.39. The van der Waals surface area contributed by atoms with Crippen molar-refractivity contribution in [1.82, 2.24) is 0 Å². The van der Waals surface area contributed by atoms with Crippen molar-refractivity contribution in [2.45, 2.75) is 13.0 Å². The van der Waals surface area contributed by atoms with Gasteiger partial charge in [-0.1, -0.05) is 0 Å². The van der Waals surface area contributed by atoms with E-state index >= 15 is 0 Å². The molecule has 0 N–H and O–H groups in total. The highest BCUT2D eigenvalue weighted by molar-refractivity contribution is 9.10. The van der Waals surface area contributed by atoms with Crippen LogP contribution in [0.4, 0.5) is 4.39 Å². The lowest BCUT2D eigenvalue weighted by Gasteiger charge is -2.11. The van der Waals surface area contributed by atoms with Gasteiger partial charge in [-0.15, -0.1) is 0 Å². The van der Waals surface area contributed by atoms with Crippen molar-refractivity contribution < 1.29 is 18.6 Å². The zero-order chi connectivity index (χ0) is 10.3. The van der Waals surface area contributed by atoms with E-state index < -0.39 is 6.04 Å². The van der Waals surface area contributed by atoms with Gasteiger partial charge in [0.25, 0.3) is 0 Å². The fourth-order valence-electron chi connectivity index (χ4n) is 1.29. The van der Waals surface area contributed by atoms with Crippen LogP contribution < -0.4 is 14.2 Å². The molecule has 14 heavy (non-hydrogen) atoms. The minimum Gasteiger partial charge on any atom is -0.492 e. The first kappa shape index (κ1) is 9.58. The number of hydrogen-bond acceptors (Lipinski definition) is 3. The van der Waals surface area contributed by atoms with Crippen molar-refractivity contribution in [3.05, 3.63) is 16.6 Å². The molecule has 1 heterocycles. The molecule has 0 spiro atoms. The maximum Gasteiger partial charge on any atom is 0.404 e. The monoisotopic (exact) mass is 262 g/mol. The topological polar surface area (TPSA) is 27.7 Å². The first-order valence-corrected chi connectivity index (χ1v) is 4.76. The van der Waals surface area contributed by atoms with Crippen LogP contribution in [0.3, 0.4) is 0 Å². The third-order valence-electron chi connectivity index (χ3n) is 1.81. The molecular weight excluding hydrogens is 255 g/mol. The Morgan fingerprint density at radius 3 is 2.79 bits per heavy atom. The molecule has 1 aliphatic rings. The van der Waals surface area contributed by atoms with Crippen LogP contribution in [0.2, 0.25) is 0 Å². The van der Waals surface area contributed by atoms with Gasteiger partial charge in [0.1, 0.15) is 0 Å². The zero-order valence-electron chi connectivity index (χ0n) is 7.64. The third-order valence-corrected chi connectivity index (χ3v) is 2.43. The first-order chi connectivity index (χ1) is 6.53. The number of alkyl halides is 1. The normalized spacial score (nSPS) is 23.7. The summed E-state index contributed by atoms with van der Waals surface area (Å²) in [5.74, 6) is 1.06. The molecule has 1 unspecified atom stereocenters. The number of methoxy groups -OCH3 is 1. The Balaban J connectivity index is 2.52. The van der Waals surface area contributed by atoms with Crippen molar-refractivity contribution in [3.63, 3.8) is 0 Å². The van der Waals surface area contributed by atoms with E-state index in [1.807, 2.05) is 0 Å². The number of rotatable bonds is 1. The van der Waals surface area contributed by atoms with Gasteiger partial charge in [0, 0.05) is 6.92 Å². The molecule has 0 fully saturated rings. The Morgan fingerprint density at radius 1 is 1.43 bits per heavy atom. The van der Waals surface area contributed by atoms with Gasteiger partial charge >= 0.3 is 6.04 Å². The molecular formula is C9H8BrFO3. The van der Waals surface area contributed by atoms with E-state index in [9.17, 15) is 4.39 Å². The van der Waals surface area contributed by atoms with E-state index in [4.69, 9.17) is 14.2 Å². The van der Waals surface area contributed by atoms with Crippen molar-refractivity contribution in [2.24, 2.45) is 0 Å². The molecule has 0 bridgehead atoms. The second-order valence-corrected chi connectivity index (χ2v) is 3.80. The van der Waals surface area contributed by atoms with Gasteiger partial charge in [-0.2, -0.15) is 4.39 Å². The predicted molar refractivity (Wildman–Crippen MR) is 51.5 cm³/mol. The fourth-order valence-corrected chi connectivity index (χ4v) is 1.76. The molecule has 1 aromatic carbocycles. The van der Waals surface area contributed by atoms with Crippen LogP contribution in [0.25, 0.3) is 0 Å². The third kappa shape index (κ3) is 1.41. The van der Waals surface area contributed by atoms with Crippen LogP contribution >= 0.6 is 15.9 Å². The van der Waals surface area contributed by atoms with Crippen LogP contribution in [0, 0.1) is 0 Å². The van der Waals surface area contributed by atoms with Crippen LogP contribution in [0.15, 0.2) is 16.6 Å². The highest BCUT2D eigenvalue weighted by Crippen LogP contribution is 2.49. The molecule has 76 valence electrons. The Bertz CT molecular complexity index is 379. The highest BCUT2D eigenvalue weighted by atomic mass is 79.9. The van der Waals surface area contributed by atoms with Gasteiger partial charge in [0.15, 0.2) is 11.5 Å². The second kappa shape index (κ2) is 3.02. The summed E-state index contributed by atoms with van der Waals surface area (Å²) in [6.07, 6.45) is 0. The molecule has 1 aromatic rings. The van der Waals surface area contributed by atoms with Crippen molar-refractivity contribution in [3.8, 4) is 17.2 Å². The summed E-state index contributed by atoms with van der Waals surface area (Å²) in [6, 6.07) is 1.21. The Labute approximate surface area is 88.9 Å².